The molecule has 1 aromatic carbocycles. The van der Waals surface area contributed by atoms with Crippen molar-refractivity contribution in [2.24, 2.45) is 0 Å². The molecule has 5 N–H and O–H groups in total. The van der Waals surface area contributed by atoms with E-state index in [-0.39, 0.29) is 12.1 Å². The fourth-order valence-corrected chi connectivity index (χ4v) is 2.09. The third-order valence-corrected chi connectivity index (χ3v) is 3.10. The van der Waals surface area contributed by atoms with Crippen molar-refractivity contribution in [1.82, 2.24) is 19.7 Å². The Kier molecular flexibility index (Phi) is 4.19. The second kappa shape index (κ2) is 6.45. The number of ether oxygens (including phenoxy) is 1. The van der Waals surface area contributed by atoms with Crippen molar-refractivity contribution < 1.29 is 4.74 Å². The molecule has 0 atom stereocenters. The molecule has 3 rings (SSSR count). The summed E-state index contributed by atoms with van der Waals surface area (Å²) < 4.78 is 7.05. The van der Waals surface area contributed by atoms with Crippen LogP contribution in [0, 0.1) is 0 Å². The Labute approximate surface area is 139 Å². The second-order valence-electron chi connectivity index (χ2n) is 5.47. The van der Waals surface area contributed by atoms with E-state index in [1.54, 1.807) is 12.1 Å². The Morgan fingerprint density at radius 1 is 1.08 bits per heavy atom. The Morgan fingerprint density at radius 3 is 2.46 bits per heavy atom. The molecule has 0 spiro atoms. The van der Waals surface area contributed by atoms with Gasteiger partial charge in [-0.3, -0.25) is 0 Å². The quantitative estimate of drug-likeness (QED) is 0.659. The molecule has 8 nitrogen and oxygen atoms in total. The lowest BCUT2D eigenvalue weighted by Crippen LogP contribution is -2.05. The first-order valence-electron chi connectivity index (χ1n) is 7.49. The largest absolute Gasteiger partial charge is 0.491 e. The summed E-state index contributed by atoms with van der Waals surface area (Å²) in [5.41, 5.74) is 12.9. The maximum Gasteiger partial charge on any atom is 0.248 e. The van der Waals surface area contributed by atoms with Crippen LogP contribution in [0.1, 0.15) is 13.8 Å². The molecule has 0 aliphatic heterocycles. The topological polar surface area (TPSA) is 117 Å². The van der Waals surface area contributed by atoms with Crippen LogP contribution in [0.5, 0.6) is 5.75 Å². The molecular formula is C16H19N7O. The summed E-state index contributed by atoms with van der Waals surface area (Å²) in [6.45, 7) is 3.97. The molecule has 24 heavy (non-hydrogen) atoms. The first-order valence-corrected chi connectivity index (χ1v) is 7.49. The average Bonchev–Trinajstić information content (AvgIpc) is 2.90. The molecule has 0 saturated carbocycles. The fourth-order valence-electron chi connectivity index (χ4n) is 2.09. The zero-order chi connectivity index (χ0) is 17.1. The van der Waals surface area contributed by atoms with E-state index in [9.17, 15) is 0 Å². The maximum atomic E-state index is 5.90. The molecule has 0 amide bonds. The summed E-state index contributed by atoms with van der Waals surface area (Å²) in [7, 11) is 0. The second-order valence-corrected chi connectivity index (χ2v) is 5.47. The lowest BCUT2D eigenvalue weighted by Gasteiger charge is -2.10. The van der Waals surface area contributed by atoms with Crippen LogP contribution < -0.4 is 21.5 Å². The minimum Gasteiger partial charge on any atom is -0.491 e. The van der Waals surface area contributed by atoms with Crippen molar-refractivity contribution in [1.29, 1.82) is 0 Å². The summed E-state index contributed by atoms with van der Waals surface area (Å²) in [5.74, 6) is 1.96. The first kappa shape index (κ1) is 15.6. The molecule has 3 aromatic rings. The van der Waals surface area contributed by atoms with E-state index in [1.165, 1.54) is 10.9 Å². The van der Waals surface area contributed by atoms with Gasteiger partial charge in [-0.25, -0.2) is 4.98 Å². The molecule has 0 radical (unpaired) electrons. The number of rotatable bonds is 5. The van der Waals surface area contributed by atoms with Crippen LogP contribution in [0.25, 0.3) is 5.82 Å². The van der Waals surface area contributed by atoms with Crippen molar-refractivity contribution in [3.63, 3.8) is 0 Å². The number of nitrogen functional groups attached to an aromatic ring is 2. The Bertz CT molecular complexity index is 809. The van der Waals surface area contributed by atoms with Crippen molar-refractivity contribution in [2.75, 3.05) is 16.8 Å². The predicted molar refractivity (Wildman–Crippen MR) is 93.5 cm³/mol. The highest BCUT2D eigenvalue weighted by atomic mass is 16.5. The number of hydrogen-bond donors (Lipinski definition) is 3. The summed E-state index contributed by atoms with van der Waals surface area (Å²) in [4.78, 5) is 8.37. The average molecular weight is 325 g/mol. The molecule has 2 heterocycles. The van der Waals surface area contributed by atoms with Crippen molar-refractivity contribution >= 4 is 23.3 Å². The molecule has 0 aliphatic carbocycles. The Hall–Kier alpha value is -3.29. The number of nitrogens with two attached hydrogens (primary N) is 2. The number of hydrogen-bond acceptors (Lipinski definition) is 7. The van der Waals surface area contributed by atoms with Gasteiger partial charge in [-0.05, 0) is 50.2 Å². The van der Waals surface area contributed by atoms with Gasteiger partial charge in [0.1, 0.15) is 5.75 Å². The molecule has 0 unspecified atom stereocenters. The Balaban J connectivity index is 1.76. The van der Waals surface area contributed by atoms with E-state index >= 15 is 0 Å². The monoisotopic (exact) mass is 325 g/mol. The standard InChI is InChI=1S/C16H19N7O/c1-10(2)24-13-6-4-12(5-7-13)20-16-21-15(18)23(22-16)14-8-3-11(17)9-19-14/h3-10H,17H2,1-2H3,(H3,18,20,21,22). The fraction of sp³-hybridized carbons (Fsp3) is 0.188. The van der Waals surface area contributed by atoms with Gasteiger partial charge in [-0.15, -0.1) is 5.10 Å². The van der Waals surface area contributed by atoms with Gasteiger partial charge in [0, 0.05) is 5.69 Å². The molecule has 0 aliphatic rings. The van der Waals surface area contributed by atoms with E-state index in [0.29, 0.717) is 17.5 Å². The number of benzene rings is 1. The van der Waals surface area contributed by atoms with Gasteiger partial charge in [0.15, 0.2) is 5.82 Å². The van der Waals surface area contributed by atoms with E-state index in [4.69, 9.17) is 16.2 Å². The number of pyridine rings is 1. The molecule has 0 fully saturated rings. The molecular weight excluding hydrogens is 306 g/mol. The van der Waals surface area contributed by atoms with Crippen molar-refractivity contribution in [3.8, 4) is 11.6 Å². The number of nitrogens with zero attached hydrogens (tertiary/aromatic N) is 4. The zero-order valence-electron chi connectivity index (χ0n) is 13.5. The van der Waals surface area contributed by atoms with Crippen LogP contribution in [-0.4, -0.2) is 25.9 Å². The van der Waals surface area contributed by atoms with Crippen LogP contribution >= 0.6 is 0 Å². The highest BCUT2D eigenvalue weighted by Crippen LogP contribution is 2.20. The minimum absolute atomic E-state index is 0.133. The summed E-state index contributed by atoms with van der Waals surface area (Å²) in [5, 5.41) is 7.41. The van der Waals surface area contributed by atoms with Crippen LogP contribution in [0.3, 0.4) is 0 Å². The van der Waals surface area contributed by atoms with Crippen LogP contribution in [-0.2, 0) is 0 Å². The lowest BCUT2D eigenvalue weighted by molar-refractivity contribution is 0.242. The van der Waals surface area contributed by atoms with Crippen LogP contribution in [0.15, 0.2) is 42.6 Å². The molecule has 8 heteroatoms. The van der Waals surface area contributed by atoms with Gasteiger partial charge < -0.3 is 21.5 Å². The molecule has 0 saturated heterocycles. The molecule has 0 bridgehead atoms. The van der Waals surface area contributed by atoms with Gasteiger partial charge in [0.05, 0.1) is 18.0 Å². The van der Waals surface area contributed by atoms with E-state index in [2.05, 4.69) is 20.4 Å². The SMILES string of the molecule is CC(C)Oc1ccc(Nc2nc(N)n(-c3ccc(N)cn3)n2)cc1. The minimum atomic E-state index is 0.133. The molecule has 2 aromatic heterocycles. The van der Waals surface area contributed by atoms with E-state index in [0.717, 1.165) is 11.4 Å². The van der Waals surface area contributed by atoms with Crippen molar-refractivity contribution in [2.45, 2.75) is 20.0 Å². The Morgan fingerprint density at radius 2 is 1.83 bits per heavy atom. The maximum absolute atomic E-state index is 5.90. The number of nitrogens with one attached hydrogen (secondary N) is 1. The molecule has 124 valence electrons. The smallest absolute Gasteiger partial charge is 0.248 e. The number of aromatic nitrogens is 4. The lowest BCUT2D eigenvalue weighted by atomic mass is 10.3. The van der Waals surface area contributed by atoms with Crippen LogP contribution in [0.4, 0.5) is 23.3 Å². The first-order chi connectivity index (χ1) is 11.5. The van der Waals surface area contributed by atoms with E-state index in [1.807, 2.05) is 38.1 Å². The van der Waals surface area contributed by atoms with Gasteiger partial charge in [0.25, 0.3) is 0 Å². The summed E-state index contributed by atoms with van der Waals surface area (Å²) in [6, 6.07) is 11.0. The third-order valence-electron chi connectivity index (χ3n) is 3.10. The zero-order valence-corrected chi connectivity index (χ0v) is 13.5. The third kappa shape index (κ3) is 3.54. The van der Waals surface area contributed by atoms with E-state index < -0.39 is 0 Å². The summed E-state index contributed by atoms with van der Waals surface area (Å²) in [6.07, 6.45) is 1.67. The van der Waals surface area contributed by atoms with Gasteiger partial charge in [0.2, 0.25) is 11.9 Å². The number of anilines is 4. The van der Waals surface area contributed by atoms with Gasteiger partial charge >= 0.3 is 0 Å². The predicted octanol–water partition coefficient (Wildman–Crippen LogP) is 2.36. The van der Waals surface area contributed by atoms with Crippen molar-refractivity contribution in [3.05, 3.63) is 42.6 Å². The summed E-state index contributed by atoms with van der Waals surface area (Å²) >= 11 is 0. The highest BCUT2D eigenvalue weighted by Gasteiger charge is 2.10. The van der Waals surface area contributed by atoms with Gasteiger partial charge in [-0.1, -0.05) is 0 Å². The highest BCUT2D eigenvalue weighted by molar-refractivity contribution is 5.56. The van der Waals surface area contributed by atoms with Gasteiger partial charge in [-0.2, -0.15) is 9.67 Å². The van der Waals surface area contributed by atoms with Crippen LogP contribution in [0.2, 0.25) is 0 Å². The normalized spacial score (nSPS) is 10.8.